The lowest BCUT2D eigenvalue weighted by Gasteiger charge is -2.46. The Morgan fingerprint density at radius 3 is 2.84 bits per heavy atom. The number of aromatic nitrogens is 1. The molecule has 0 radical (unpaired) electrons. The van der Waals surface area contributed by atoms with Gasteiger partial charge >= 0.3 is 0 Å². The Morgan fingerprint density at radius 1 is 1.32 bits per heavy atom. The van der Waals surface area contributed by atoms with E-state index in [1.165, 1.54) is 0 Å². The summed E-state index contributed by atoms with van der Waals surface area (Å²) in [7, 11) is 0. The average molecular weight is 254 g/mol. The number of β-lactam (4-membered cyclic amide) rings is 1. The molecular weight excluding hydrogens is 236 g/mol. The highest BCUT2D eigenvalue weighted by Gasteiger charge is 2.48. The minimum Gasteiger partial charge on any atom is -0.309 e. The molecule has 1 amide bonds. The van der Waals surface area contributed by atoms with E-state index in [1.54, 1.807) is 6.20 Å². The molecule has 0 spiro atoms. The van der Waals surface area contributed by atoms with Crippen molar-refractivity contribution >= 4 is 22.5 Å². The molecule has 1 atom stereocenters. The molecule has 1 fully saturated rings. The molecule has 1 saturated heterocycles. The first kappa shape index (κ1) is 12.2. The van der Waals surface area contributed by atoms with Gasteiger partial charge in [-0.2, -0.15) is 0 Å². The van der Waals surface area contributed by atoms with Gasteiger partial charge in [0.05, 0.1) is 16.6 Å². The standard InChI is InChI=1S/C16H18N2O/c1-3-9-16(2)11-18(15(16)19)13-8-4-6-12-7-5-10-17-14(12)13/h4-8,10H,3,9,11H2,1-2H3. The van der Waals surface area contributed by atoms with E-state index < -0.39 is 0 Å². The van der Waals surface area contributed by atoms with Crippen LogP contribution in [0.3, 0.4) is 0 Å². The van der Waals surface area contributed by atoms with E-state index in [9.17, 15) is 4.79 Å². The maximum Gasteiger partial charge on any atom is 0.234 e. The van der Waals surface area contributed by atoms with Crippen molar-refractivity contribution in [3.05, 3.63) is 36.5 Å². The van der Waals surface area contributed by atoms with Gasteiger partial charge in [0.2, 0.25) is 5.91 Å². The lowest BCUT2D eigenvalue weighted by Crippen LogP contribution is -2.60. The van der Waals surface area contributed by atoms with E-state index in [0.29, 0.717) is 0 Å². The molecular formula is C16H18N2O. The summed E-state index contributed by atoms with van der Waals surface area (Å²) in [5, 5.41) is 1.08. The zero-order valence-electron chi connectivity index (χ0n) is 11.4. The van der Waals surface area contributed by atoms with Crippen LogP contribution in [-0.4, -0.2) is 17.4 Å². The fraction of sp³-hybridized carbons (Fsp3) is 0.375. The normalized spacial score (nSPS) is 22.6. The van der Waals surface area contributed by atoms with Gasteiger partial charge in [0.15, 0.2) is 0 Å². The van der Waals surface area contributed by atoms with Gasteiger partial charge < -0.3 is 4.90 Å². The zero-order valence-corrected chi connectivity index (χ0v) is 11.4. The lowest BCUT2D eigenvalue weighted by atomic mass is 9.76. The Morgan fingerprint density at radius 2 is 2.11 bits per heavy atom. The molecule has 0 saturated carbocycles. The molecule has 0 aliphatic carbocycles. The van der Waals surface area contributed by atoms with E-state index in [1.807, 2.05) is 35.2 Å². The minimum absolute atomic E-state index is 0.175. The van der Waals surface area contributed by atoms with Crippen LogP contribution in [0.1, 0.15) is 26.7 Å². The summed E-state index contributed by atoms with van der Waals surface area (Å²) < 4.78 is 0. The Bertz CT molecular complexity index is 632. The molecule has 0 N–H and O–H groups in total. The molecule has 3 rings (SSSR count). The first-order valence-electron chi connectivity index (χ1n) is 6.81. The Hall–Kier alpha value is -1.90. The highest BCUT2D eigenvalue weighted by Crippen LogP contribution is 2.40. The molecule has 98 valence electrons. The van der Waals surface area contributed by atoms with Gasteiger partial charge in [0.25, 0.3) is 0 Å². The summed E-state index contributed by atoms with van der Waals surface area (Å²) in [5.41, 5.74) is 1.68. The van der Waals surface area contributed by atoms with Gasteiger partial charge in [-0.1, -0.05) is 31.5 Å². The summed E-state index contributed by atoms with van der Waals surface area (Å²) in [6, 6.07) is 9.95. The van der Waals surface area contributed by atoms with Crippen LogP contribution in [0.2, 0.25) is 0 Å². The number of rotatable bonds is 3. The highest BCUT2D eigenvalue weighted by molar-refractivity contribution is 6.09. The van der Waals surface area contributed by atoms with Crippen molar-refractivity contribution in [3.63, 3.8) is 0 Å². The third kappa shape index (κ3) is 1.81. The van der Waals surface area contributed by atoms with Crippen LogP contribution in [0.5, 0.6) is 0 Å². The van der Waals surface area contributed by atoms with Gasteiger partial charge in [-0.25, -0.2) is 0 Å². The summed E-state index contributed by atoms with van der Waals surface area (Å²) >= 11 is 0. The highest BCUT2D eigenvalue weighted by atomic mass is 16.2. The van der Waals surface area contributed by atoms with E-state index in [-0.39, 0.29) is 11.3 Å². The summed E-state index contributed by atoms with van der Waals surface area (Å²) in [4.78, 5) is 18.7. The van der Waals surface area contributed by atoms with Gasteiger partial charge in [0.1, 0.15) is 0 Å². The van der Waals surface area contributed by atoms with Gasteiger partial charge in [-0.15, -0.1) is 0 Å². The van der Waals surface area contributed by atoms with E-state index in [0.717, 1.165) is 36.0 Å². The van der Waals surface area contributed by atoms with Crippen LogP contribution < -0.4 is 4.90 Å². The molecule has 1 aliphatic heterocycles. The topological polar surface area (TPSA) is 33.2 Å². The number of carbonyl (C=O) groups is 1. The van der Waals surface area contributed by atoms with Crippen molar-refractivity contribution in [1.29, 1.82) is 0 Å². The van der Waals surface area contributed by atoms with Crippen molar-refractivity contribution in [2.45, 2.75) is 26.7 Å². The van der Waals surface area contributed by atoms with Gasteiger partial charge in [-0.3, -0.25) is 9.78 Å². The molecule has 1 aromatic heterocycles. The van der Waals surface area contributed by atoms with E-state index >= 15 is 0 Å². The summed E-state index contributed by atoms with van der Waals surface area (Å²) in [5.74, 6) is 0.229. The van der Waals surface area contributed by atoms with Crippen molar-refractivity contribution in [2.75, 3.05) is 11.4 Å². The molecule has 3 heteroatoms. The number of fused-ring (bicyclic) bond motifs is 1. The molecule has 1 unspecified atom stereocenters. The maximum absolute atomic E-state index is 12.4. The fourth-order valence-electron chi connectivity index (χ4n) is 2.96. The second-order valence-corrected chi connectivity index (χ2v) is 5.55. The van der Waals surface area contributed by atoms with Gasteiger partial charge in [-0.05, 0) is 25.5 Å². The average Bonchev–Trinajstić information content (AvgIpc) is 2.44. The number of amides is 1. The summed E-state index contributed by atoms with van der Waals surface area (Å²) in [6.07, 6.45) is 3.78. The second-order valence-electron chi connectivity index (χ2n) is 5.55. The number of carbonyl (C=O) groups excluding carboxylic acids is 1. The molecule has 2 aromatic rings. The van der Waals surface area contributed by atoms with Crippen LogP contribution in [0.4, 0.5) is 5.69 Å². The first-order chi connectivity index (χ1) is 9.15. The van der Waals surface area contributed by atoms with Crippen LogP contribution in [-0.2, 0) is 4.79 Å². The number of benzene rings is 1. The quantitative estimate of drug-likeness (QED) is 0.787. The van der Waals surface area contributed by atoms with E-state index in [4.69, 9.17) is 0 Å². The first-order valence-corrected chi connectivity index (χ1v) is 6.81. The predicted octanol–water partition coefficient (Wildman–Crippen LogP) is 3.39. The van der Waals surface area contributed by atoms with Crippen molar-refractivity contribution in [1.82, 2.24) is 4.98 Å². The third-order valence-corrected chi connectivity index (χ3v) is 3.97. The molecule has 2 heterocycles. The van der Waals surface area contributed by atoms with Gasteiger partial charge in [0, 0.05) is 18.1 Å². The smallest absolute Gasteiger partial charge is 0.234 e. The third-order valence-electron chi connectivity index (χ3n) is 3.97. The molecule has 19 heavy (non-hydrogen) atoms. The largest absolute Gasteiger partial charge is 0.309 e. The predicted molar refractivity (Wildman–Crippen MR) is 77.1 cm³/mol. The summed E-state index contributed by atoms with van der Waals surface area (Å²) in [6.45, 7) is 4.99. The van der Waals surface area contributed by atoms with Crippen molar-refractivity contribution in [3.8, 4) is 0 Å². The molecule has 3 nitrogen and oxygen atoms in total. The molecule has 1 aliphatic rings. The van der Waals surface area contributed by atoms with E-state index in [2.05, 4.69) is 18.8 Å². The van der Waals surface area contributed by atoms with Crippen LogP contribution in [0.15, 0.2) is 36.5 Å². The number of nitrogens with zero attached hydrogens (tertiary/aromatic N) is 2. The molecule has 0 bridgehead atoms. The lowest BCUT2D eigenvalue weighted by molar-refractivity contribution is -0.134. The van der Waals surface area contributed by atoms with Crippen LogP contribution >= 0.6 is 0 Å². The Labute approximate surface area is 113 Å². The van der Waals surface area contributed by atoms with Crippen LogP contribution in [0.25, 0.3) is 10.9 Å². The van der Waals surface area contributed by atoms with Crippen molar-refractivity contribution < 1.29 is 4.79 Å². The van der Waals surface area contributed by atoms with Crippen molar-refractivity contribution in [2.24, 2.45) is 5.41 Å². The zero-order chi connectivity index (χ0) is 13.5. The number of hydrogen-bond donors (Lipinski definition) is 0. The number of para-hydroxylation sites is 1. The number of pyridine rings is 1. The number of anilines is 1. The maximum atomic E-state index is 12.4. The Kier molecular flexibility index (Phi) is 2.77. The Balaban J connectivity index is 1.97. The molecule has 1 aromatic carbocycles. The SMILES string of the molecule is CCCC1(C)CN(c2cccc3cccnc23)C1=O. The number of hydrogen-bond acceptors (Lipinski definition) is 2. The minimum atomic E-state index is -0.175. The monoisotopic (exact) mass is 254 g/mol. The second kappa shape index (κ2) is 4.34. The fourth-order valence-corrected chi connectivity index (χ4v) is 2.96. The van der Waals surface area contributed by atoms with Crippen LogP contribution in [0, 0.1) is 5.41 Å².